The number of aliphatic hydroxyl groups excluding tert-OH is 3. The number of aliphatic carboxylic acids is 1. The van der Waals surface area contributed by atoms with Gasteiger partial charge in [0, 0.05) is 13.1 Å². The van der Waals surface area contributed by atoms with Crippen LogP contribution >= 0.6 is 0 Å². The van der Waals surface area contributed by atoms with Crippen LogP contribution in [0.5, 0.6) is 0 Å². The molecule has 16 heteroatoms. The summed E-state index contributed by atoms with van der Waals surface area (Å²) in [6.07, 6.45) is 0.549. The molecule has 0 aliphatic carbocycles. The van der Waals surface area contributed by atoms with Gasteiger partial charge in [-0.05, 0) is 122 Å². The summed E-state index contributed by atoms with van der Waals surface area (Å²) < 4.78 is 0. The minimum Gasteiger partial charge on any atom is -0.480 e. The molecule has 3 saturated heterocycles. The van der Waals surface area contributed by atoms with E-state index < -0.39 is 88.5 Å². The summed E-state index contributed by atoms with van der Waals surface area (Å²) in [5.41, 5.74) is -4.13. The molecule has 0 aromatic carbocycles. The van der Waals surface area contributed by atoms with Crippen molar-refractivity contribution < 1.29 is 54.1 Å². The van der Waals surface area contributed by atoms with Crippen molar-refractivity contribution in [2.24, 2.45) is 0 Å². The zero-order chi connectivity index (χ0) is 40.5. The number of carboxylic acids is 1. The maximum Gasteiger partial charge on any atom is 0.339 e. The van der Waals surface area contributed by atoms with E-state index in [0.29, 0.717) is 38.5 Å². The predicted molar refractivity (Wildman–Crippen MR) is 195 cm³/mol. The van der Waals surface area contributed by atoms with Crippen molar-refractivity contribution in [1.82, 2.24) is 25.0 Å². The Morgan fingerprint density at radius 2 is 0.679 bits per heavy atom. The molecular weight excluding hydrogens is 690 g/mol. The maximum atomic E-state index is 13.6. The molecule has 0 radical (unpaired) electrons. The van der Waals surface area contributed by atoms with E-state index in [2.05, 4.69) is 0 Å². The largest absolute Gasteiger partial charge is 0.480 e. The number of rotatable bonds is 14. The molecule has 3 heterocycles. The van der Waals surface area contributed by atoms with Crippen LogP contribution in [0.2, 0.25) is 0 Å². The Hall–Kier alpha value is -2.44. The third-order valence-corrected chi connectivity index (χ3v) is 10.4. The number of hydrogen-bond acceptors (Lipinski definition) is 15. The molecule has 0 amide bonds. The number of carbonyl (C=O) groups is 4. The van der Waals surface area contributed by atoms with Crippen molar-refractivity contribution in [3.8, 4) is 0 Å². The summed E-state index contributed by atoms with van der Waals surface area (Å²) in [6.45, 7) is 20.7. The molecule has 0 aromatic heterocycles. The first kappa shape index (κ1) is 45.0. The summed E-state index contributed by atoms with van der Waals surface area (Å²) in [6, 6.07) is 0. The van der Waals surface area contributed by atoms with Gasteiger partial charge in [0.25, 0.3) is 0 Å². The first-order valence-corrected chi connectivity index (χ1v) is 18.7. The van der Waals surface area contributed by atoms with E-state index in [1.165, 1.54) is 9.80 Å². The molecule has 0 atom stereocenters. The molecule has 3 fully saturated rings. The van der Waals surface area contributed by atoms with Crippen molar-refractivity contribution in [2.45, 2.75) is 173 Å². The van der Waals surface area contributed by atoms with Gasteiger partial charge in [0.2, 0.25) is 0 Å². The number of nitrogens with zero attached hydrogens (tertiary/aromatic N) is 5. The molecule has 3 aliphatic heterocycles. The molecule has 0 bridgehead atoms. The van der Waals surface area contributed by atoms with Gasteiger partial charge in [0.05, 0.1) is 77.7 Å². The van der Waals surface area contributed by atoms with Gasteiger partial charge in [-0.3, -0.25) is 14.6 Å². The Labute approximate surface area is 315 Å². The average molecular weight is 758 g/mol. The van der Waals surface area contributed by atoms with Gasteiger partial charge >= 0.3 is 23.9 Å². The molecule has 4 N–H and O–H groups in total. The Kier molecular flexibility index (Phi) is 13.9. The standard InChI is InChI=1S/C37H67N5O11/c1-32(2)15-25(43)16-33(3,4)40(32)51-29(48)22-38(21-28(46)47)13-14-39(23-30(49)52-41-34(5,6)17-26(44)18-35(41,7)8)24-31(50)53-42-36(9,10)19-27(45)20-37(42,11)12/h25-27,43-45H,13-24H2,1-12H3,(H,46,47). The van der Waals surface area contributed by atoms with Gasteiger partial charge in [-0.1, -0.05) is 0 Å². The SMILES string of the molecule is CC1(C)CC(O)CC(C)(C)N1OC(=O)CN(CCN(CC(=O)ON1C(C)(C)CC(O)CC1(C)C)CC(=O)ON1C(C)(C)CC(O)CC1(C)C)CC(=O)O. The van der Waals surface area contributed by atoms with Crippen molar-refractivity contribution in [3.05, 3.63) is 0 Å². The van der Waals surface area contributed by atoms with Crippen molar-refractivity contribution >= 4 is 23.9 Å². The van der Waals surface area contributed by atoms with E-state index in [4.69, 9.17) is 14.5 Å². The second-order valence-electron chi connectivity index (χ2n) is 19.1. The third-order valence-electron chi connectivity index (χ3n) is 10.4. The van der Waals surface area contributed by atoms with Gasteiger partial charge < -0.3 is 34.9 Å². The fourth-order valence-corrected chi connectivity index (χ4v) is 9.22. The van der Waals surface area contributed by atoms with Crippen molar-refractivity contribution in [1.29, 1.82) is 0 Å². The van der Waals surface area contributed by atoms with Crippen LogP contribution in [-0.2, 0) is 33.7 Å². The highest BCUT2D eigenvalue weighted by molar-refractivity contribution is 5.75. The lowest BCUT2D eigenvalue weighted by molar-refractivity contribution is -0.279. The lowest BCUT2D eigenvalue weighted by atomic mass is 9.80. The Balaban J connectivity index is 1.80. The number of piperidine rings is 3. The highest BCUT2D eigenvalue weighted by Gasteiger charge is 2.50. The summed E-state index contributed by atoms with van der Waals surface area (Å²) >= 11 is 0. The monoisotopic (exact) mass is 757 g/mol. The molecule has 16 nitrogen and oxygen atoms in total. The number of carboxylic acid groups (broad SMARTS) is 1. The predicted octanol–water partition coefficient (Wildman–Crippen LogP) is 2.09. The second-order valence-corrected chi connectivity index (χ2v) is 19.1. The number of aliphatic hydroxyl groups is 3. The van der Waals surface area contributed by atoms with Crippen LogP contribution in [0.25, 0.3) is 0 Å². The zero-order valence-corrected chi connectivity index (χ0v) is 34.1. The fraction of sp³-hybridized carbons (Fsp3) is 0.892. The molecule has 0 saturated carbocycles. The summed E-state index contributed by atoms with van der Waals surface area (Å²) in [4.78, 5) is 72.9. The number of hydrogen-bond donors (Lipinski definition) is 4. The first-order valence-electron chi connectivity index (χ1n) is 18.7. The van der Waals surface area contributed by atoms with Crippen LogP contribution in [0.3, 0.4) is 0 Å². The van der Waals surface area contributed by atoms with Gasteiger partial charge in [0.15, 0.2) is 0 Å². The lowest BCUT2D eigenvalue weighted by Gasteiger charge is -2.52. The van der Waals surface area contributed by atoms with Gasteiger partial charge in [-0.25, -0.2) is 14.4 Å². The molecule has 0 spiro atoms. The van der Waals surface area contributed by atoms with Gasteiger partial charge in [-0.15, -0.1) is 15.2 Å². The fourth-order valence-electron chi connectivity index (χ4n) is 9.22. The average Bonchev–Trinajstić information content (AvgIpc) is 2.91. The first-order chi connectivity index (χ1) is 24.0. The van der Waals surface area contributed by atoms with Crippen LogP contribution in [0.1, 0.15) is 122 Å². The molecule has 3 rings (SSSR count). The van der Waals surface area contributed by atoms with Crippen molar-refractivity contribution in [3.63, 3.8) is 0 Å². The summed E-state index contributed by atoms with van der Waals surface area (Å²) in [5.74, 6) is -3.21. The smallest absolute Gasteiger partial charge is 0.339 e. The van der Waals surface area contributed by atoms with E-state index in [1.54, 1.807) is 15.2 Å². The third kappa shape index (κ3) is 12.0. The van der Waals surface area contributed by atoms with E-state index in [9.17, 15) is 39.6 Å². The topological polar surface area (TPSA) is 193 Å². The van der Waals surface area contributed by atoms with Crippen LogP contribution in [0.15, 0.2) is 0 Å². The van der Waals surface area contributed by atoms with E-state index in [-0.39, 0.29) is 26.2 Å². The summed E-state index contributed by atoms with van der Waals surface area (Å²) in [7, 11) is 0. The van der Waals surface area contributed by atoms with E-state index >= 15 is 0 Å². The Bertz CT molecular complexity index is 1220. The molecular formula is C37H67N5O11. The lowest BCUT2D eigenvalue weighted by Crippen LogP contribution is -2.63. The molecule has 53 heavy (non-hydrogen) atoms. The molecule has 3 aliphatic rings. The van der Waals surface area contributed by atoms with Crippen LogP contribution in [0.4, 0.5) is 0 Å². The zero-order valence-electron chi connectivity index (χ0n) is 34.1. The highest BCUT2D eigenvalue weighted by Crippen LogP contribution is 2.41. The molecule has 0 unspecified atom stereocenters. The van der Waals surface area contributed by atoms with Gasteiger partial charge in [0.1, 0.15) is 0 Å². The second kappa shape index (κ2) is 16.3. The normalized spacial score (nSPS) is 24.9. The minimum absolute atomic E-state index is 0.0192. The molecule has 0 aromatic rings. The van der Waals surface area contributed by atoms with Gasteiger partial charge in [-0.2, -0.15) is 0 Å². The molecule has 306 valence electrons. The number of carbonyl (C=O) groups excluding carboxylic acids is 3. The maximum absolute atomic E-state index is 13.6. The van der Waals surface area contributed by atoms with Crippen LogP contribution in [-0.4, -0.2) is 160 Å². The minimum atomic E-state index is -1.18. The number of hydroxylamine groups is 6. The van der Waals surface area contributed by atoms with Crippen LogP contribution < -0.4 is 0 Å². The highest BCUT2D eigenvalue weighted by atomic mass is 16.7. The van der Waals surface area contributed by atoms with Crippen LogP contribution in [0, 0.1) is 0 Å². The van der Waals surface area contributed by atoms with E-state index in [1.807, 2.05) is 83.1 Å². The van der Waals surface area contributed by atoms with Crippen molar-refractivity contribution in [2.75, 3.05) is 39.3 Å². The quantitative estimate of drug-likeness (QED) is 0.201. The Morgan fingerprint density at radius 3 is 0.887 bits per heavy atom. The Morgan fingerprint density at radius 1 is 0.472 bits per heavy atom. The van der Waals surface area contributed by atoms with E-state index in [0.717, 1.165) is 0 Å². The summed E-state index contributed by atoms with van der Waals surface area (Å²) in [5, 5.41) is 45.8.